The van der Waals surface area contributed by atoms with E-state index in [2.05, 4.69) is 6.92 Å². The Hall–Kier alpha value is -1.50. The second-order valence-corrected chi connectivity index (χ2v) is 7.51. The van der Waals surface area contributed by atoms with Gasteiger partial charge in [-0.2, -0.15) is 8.78 Å². The molecule has 5 nitrogen and oxygen atoms in total. The molecule has 1 aliphatic rings. The number of nitrogens with zero attached hydrogens (tertiary/aromatic N) is 1. The van der Waals surface area contributed by atoms with Crippen molar-refractivity contribution in [2.45, 2.75) is 89.7 Å². The van der Waals surface area contributed by atoms with Gasteiger partial charge in [0, 0.05) is 18.9 Å². The molecule has 1 N–H and O–H groups in total. The standard InChI is InChI=1S/C20H33F2NO4/c1-3-4-9-15(2)17(24)12-11-16-14-20(21,22)19(27)23(16)13-8-6-5-7-10-18(25)26/h11-12,15-17,24H,3-10,13-14H2,1-2H3,(H,25,26)/p-1/b12-11+/t15?,16-,17?/m0/s1. The van der Waals surface area contributed by atoms with Crippen LogP contribution in [-0.4, -0.2) is 46.5 Å². The number of aliphatic carboxylic acids is 1. The summed E-state index contributed by atoms with van der Waals surface area (Å²) in [6.07, 6.45) is 6.99. The van der Waals surface area contributed by atoms with Gasteiger partial charge >= 0.3 is 5.92 Å². The average Bonchev–Trinajstić information content (AvgIpc) is 2.82. The minimum atomic E-state index is -3.37. The maximum Gasteiger partial charge on any atom is 0.327 e. The number of halogens is 2. The van der Waals surface area contributed by atoms with E-state index in [1.54, 1.807) is 0 Å². The van der Waals surface area contributed by atoms with Crippen LogP contribution in [0.1, 0.15) is 71.6 Å². The molecule has 1 saturated heterocycles. The van der Waals surface area contributed by atoms with Crippen LogP contribution in [0, 0.1) is 5.92 Å². The molecular weight excluding hydrogens is 356 g/mol. The highest BCUT2D eigenvalue weighted by Gasteiger charge is 2.52. The van der Waals surface area contributed by atoms with E-state index >= 15 is 0 Å². The van der Waals surface area contributed by atoms with Gasteiger partial charge in [0.25, 0.3) is 5.91 Å². The smallest absolute Gasteiger partial charge is 0.327 e. The van der Waals surface area contributed by atoms with E-state index < -0.39 is 36.4 Å². The van der Waals surface area contributed by atoms with Gasteiger partial charge in [-0.05, 0) is 31.6 Å². The number of carbonyl (C=O) groups excluding carboxylic acids is 2. The van der Waals surface area contributed by atoms with Gasteiger partial charge in [0.05, 0.1) is 12.1 Å². The molecule has 1 aliphatic heterocycles. The Morgan fingerprint density at radius 3 is 2.63 bits per heavy atom. The van der Waals surface area contributed by atoms with Crippen LogP contribution in [0.2, 0.25) is 0 Å². The van der Waals surface area contributed by atoms with Gasteiger partial charge in [-0.1, -0.05) is 51.7 Å². The monoisotopic (exact) mass is 388 g/mol. The molecule has 0 aliphatic carbocycles. The molecule has 1 rings (SSSR count). The number of carboxylic acid groups (broad SMARTS) is 1. The first-order valence-corrected chi connectivity index (χ1v) is 9.94. The van der Waals surface area contributed by atoms with Gasteiger partial charge in [0.15, 0.2) is 0 Å². The van der Waals surface area contributed by atoms with E-state index in [1.807, 2.05) is 6.92 Å². The summed E-state index contributed by atoms with van der Waals surface area (Å²) in [6, 6.07) is -0.719. The van der Waals surface area contributed by atoms with Gasteiger partial charge in [-0.15, -0.1) is 0 Å². The normalized spacial score (nSPS) is 21.7. The summed E-state index contributed by atoms with van der Waals surface area (Å²) in [6.45, 7) is 4.19. The molecule has 0 aromatic rings. The number of alkyl halides is 2. The van der Waals surface area contributed by atoms with Crippen LogP contribution in [0.4, 0.5) is 8.78 Å². The first-order chi connectivity index (χ1) is 12.7. The number of aliphatic hydroxyl groups is 1. The van der Waals surface area contributed by atoms with E-state index in [0.29, 0.717) is 25.7 Å². The number of carbonyl (C=O) groups is 2. The Morgan fingerprint density at radius 1 is 1.33 bits per heavy atom. The largest absolute Gasteiger partial charge is 0.550 e. The van der Waals surface area contributed by atoms with E-state index in [9.17, 15) is 28.6 Å². The predicted molar refractivity (Wildman–Crippen MR) is 97.0 cm³/mol. The molecule has 0 aromatic carbocycles. The van der Waals surface area contributed by atoms with E-state index in [1.165, 1.54) is 17.1 Å². The molecule has 1 fully saturated rings. The Morgan fingerprint density at radius 2 is 2.00 bits per heavy atom. The quantitative estimate of drug-likeness (QED) is 0.389. The number of aliphatic hydroxyl groups excluding tert-OH is 1. The number of rotatable bonds is 13. The van der Waals surface area contributed by atoms with Crippen molar-refractivity contribution in [2.24, 2.45) is 5.92 Å². The Bertz CT molecular complexity index is 510. The van der Waals surface area contributed by atoms with Gasteiger partial charge in [0.2, 0.25) is 0 Å². The molecule has 3 atom stereocenters. The lowest BCUT2D eigenvalue weighted by Crippen LogP contribution is -2.36. The van der Waals surface area contributed by atoms with Gasteiger partial charge < -0.3 is 19.9 Å². The van der Waals surface area contributed by atoms with Crippen LogP contribution in [0.3, 0.4) is 0 Å². The van der Waals surface area contributed by atoms with Crippen molar-refractivity contribution in [1.29, 1.82) is 0 Å². The number of carboxylic acids is 1. The van der Waals surface area contributed by atoms with Crippen molar-refractivity contribution in [3.05, 3.63) is 12.2 Å². The van der Waals surface area contributed by atoms with Crippen LogP contribution in [-0.2, 0) is 9.59 Å². The van der Waals surface area contributed by atoms with E-state index in [4.69, 9.17) is 0 Å². The average molecular weight is 388 g/mol. The summed E-state index contributed by atoms with van der Waals surface area (Å²) >= 11 is 0. The highest BCUT2D eigenvalue weighted by molar-refractivity contribution is 5.86. The van der Waals surface area contributed by atoms with Crippen LogP contribution in [0.15, 0.2) is 12.2 Å². The van der Waals surface area contributed by atoms with Crippen LogP contribution in [0.5, 0.6) is 0 Å². The maximum absolute atomic E-state index is 13.8. The summed E-state index contributed by atoms with van der Waals surface area (Å²) in [5, 5.41) is 20.5. The number of hydrogen-bond acceptors (Lipinski definition) is 4. The van der Waals surface area contributed by atoms with Crippen molar-refractivity contribution < 1.29 is 28.6 Å². The van der Waals surface area contributed by atoms with Crippen LogP contribution in [0.25, 0.3) is 0 Å². The summed E-state index contributed by atoms with van der Waals surface area (Å²) in [5.74, 6) is -5.60. The predicted octanol–water partition coefficient (Wildman–Crippen LogP) is 2.67. The van der Waals surface area contributed by atoms with E-state index in [-0.39, 0.29) is 18.9 Å². The molecule has 1 heterocycles. The van der Waals surface area contributed by atoms with Crippen molar-refractivity contribution >= 4 is 11.9 Å². The highest BCUT2D eigenvalue weighted by atomic mass is 19.3. The number of likely N-dealkylation sites (tertiary alicyclic amines) is 1. The third-order valence-corrected chi connectivity index (χ3v) is 5.10. The molecule has 0 spiro atoms. The van der Waals surface area contributed by atoms with Crippen molar-refractivity contribution in [3.8, 4) is 0 Å². The number of amides is 1. The summed E-state index contributed by atoms with van der Waals surface area (Å²) in [4.78, 5) is 23.5. The van der Waals surface area contributed by atoms with Gasteiger partial charge in [0.1, 0.15) is 0 Å². The third kappa shape index (κ3) is 7.95. The molecule has 0 bridgehead atoms. The molecule has 7 heteroatoms. The fraction of sp³-hybridized carbons (Fsp3) is 0.800. The van der Waals surface area contributed by atoms with E-state index in [0.717, 1.165) is 19.3 Å². The lowest BCUT2D eigenvalue weighted by molar-refractivity contribution is -0.305. The second kappa shape index (κ2) is 11.4. The van der Waals surface area contributed by atoms with Crippen molar-refractivity contribution in [1.82, 2.24) is 4.90 Å². The molecule has 0 radical (unpaired) electrons. The lowest BCUT2D eigenvalue weighted by atomic mass is 9.97. The van der Waals surface area contributed by atoms with Gasteiger partial charge in [-0.25, -0.2) is 0 Å². The topological polar surface area (TPSA) is 80.7 Å². The second-order valence-electron chi connectivity index (χ2n) is 7.51. The molecule has 156 valence electrons. The van der Waals surface area contributed by atoms with Crippen LogP contribution >= 0.6 is 0 Å². The Kier molecular flexibility index (Phi) is 9.91. The maximum atomic E-state index is 13.8. The zero-order valence-electron chi connectivity index (χ0n) is 16.3. The fourth-order valence-electron chi connectivity index (χ4n) is 3.29. The number of hydrogen-bond donors (Lipinski definition) is 1. The third-order valence-electron chi connectivity index (χ3n) is 5.10. The summed E-state index contributed by atoms with van der Waals surface area (Å²) < 4.78 is 27.7. The highest BCUT2D eigenvalue weighted by Crippen LogP contribution is 2.34. The zero-order valence-corrected chi connectivity index (χ0v) is 16.3. The Balaban J connectivity index is 2.55. The Labute approximate surface area is 160 Å². The van der Waals surface area contributed by atoms with Crippen molar-refractivity contribution in [3.63, 3.8) is 0 Å². The first-order valence-electron chi connectivity index (χ1n) is 9.94. The summed E-state index contributed by atoms with van der Waals surface area (Å²) in [7, 11) is 0. The fourth-order valence-corrected chi connectivity index (χ4v) is 3.29. The zero-order chi connectivity index (χ0) is 20.4. The molecule has 27 heavy (non-hydrogen) atoms. The first kappa shape index (κ1) is 23.5. The van der Waals surface area contributed by atoms with Crippen LogP contribution < -0.4 is 5.11 Å². The molecule has 2 unspecified atom stereocenters. The minimum absolute atomic E-state index is 0.0137. The van der Waals surface area contributed by atoms with Crippen molar-refractivity contribution in [2.75, 3.05) is 6.54 Å². The number of unbranched alkanes of at least 4 members (excludes halogenated alkanes) is 4. The lowest BCUT2D eigenvalue weighted by Gasteiger charge is -2.22. The molecule has 1 amide bonds. The summed E-state index contributed by atoms with van der Waals surface area (Å²) in [5.41, 5.74) is 0. The molecular formula is C20H32F2NO4-. The minimum Gasteiger partial charge on any atom is -0.550 e. The SMILES string of the molecule is CCCCC(C)C(O)/C=C/[C@H]1CC(F)(F)C(=O)N1CCCCCCC(=O)[O-]. The van der Waals surface area contributed by atoms with Gasteiger partial charge in [-0.3, -0.25) is 4.79 Å². The molecule has 0 saturated carbocycles. The molecule has 0 aromatic heterocycles.